The summed E-state index contributed by atoms with van der Waals surface area (Å²) in [5, 5.41) is 10.3. The minimum absolute atomic E-state index is 0.483. The number of aldehydes is 1. The number of hydrogen-bond donors (Lipinski definition) is 2. The van der Waals surface area contributed by atoms with Crippen molar-refractivity contribution in [1.82, 2.24) is 0 Å². The van der Waals surface area contributed by atoms with E-state index in [1.165, 1.54) is 7.11 Å². The van der Waals surface area contributed by atoms with Gasteiger partial charge in [0.15, 0.2) is 5.72 Å². The van der Waals surface area contributed by atoms with Crippen LogP contribution in [0.1, 0.15) is 42.6 Å². The Morgan fingerprint density at radius 3 is 2.63 bits per heavy atom. The smallest absolute Gasteiger partial charge is 0.168 e. The molecule has 3 N–H and O–H groups in total. The fourth-order valence-electron chi connectivity index (χ4n) is 2.01. The molecule has 1 aromatic carbocycles. The molecule has 106 valence electrons. The third-order valence-electron chi connectivity index (χ3n) is 3.32. The van der Waals surface area contributed by atoms with Gasteiger partial charge in [-0.25, -0.2) is 0 Å². The lowest BCUT2D eigenvalue weighted by Crippen LogP contribution is -2.49. The number of methoxy groups -OCH3 is 1. The molecule has 0 radical (unpaired) electrons. The van der Waals surface area contributed by atoms with Crippen LogP contribution in [0.15, 0.2) is 24.3 Å². The van der Waals surface area contributed by atoms with E-state index in [1.807, 2.05) is 0 Å². The summed E-state index contributed by atoms with van der Waals surface area (Å²) in [5.41, 5.74) is 6.02. The molecule has 0 aliphatic rings. The van der Waals surface area contributed by atoms with E-state index < -0.39 is 11.8 Å². The van der Waals surface area contributed by atoms with Gasteiger partial charge < -0.3 is 9.84 Å². The Hall–Kier alpha value is -1.23. The number of carbonyl (C=O) groups excluding carboxylic acids is 1. The van der Waals surface area contributed by atoms with Gasteiger partial charge in [-0.3, -0.25) is 10.5 Å². The van der Waals surface area contributed by atoms with Crippen molar-refractivity contribution >= 4 is 6.29 Å². The molecule has 0 saturated carbocycles. The Morgan fingerprint density at radius 2 is 2.11 bits per heavy atom. The molecule has 0 aromatic heterocycles. The lowest BCUT2D eigenvalue weighted by molar-refractivity contribution is -0.109. The van der Waals surface area contributed by atoms with Crippen molar-refractivity contribution in [1.29, 1.82) is 0 Å². The van der Waals surface area contributed by atoms with Crippen LogP contribution in [0.4, 0.5) is 0 Å². The zero-order chi connectivity index (χ0) is 14.5. The van der Waals surface area contributed by atoms with E-state index in [-0.39, 0.29) is 0 Å². The normalized spacial score (nSPS) is 16.1. The van der Waals surface area contributed by atoms with Crippen LogP contribution in [0.2, 0.25) is 0 Å². The summed E-state index contributed by atoms with van der Waals surface area (Å²) in [6.07, 6.45) is 1.34. The molecule has 0 unspecified atom stereocenters. The highest BCUT2D eigenvalue weighted by molar-refractivity contribution is 5.75. The van der Waals surface area contributed by atoms with Gasteiger partial charge in [0.25, 0.3) is 0 Å². The first-order valence-corrected chi connectivity index (χ1v) is 6.51. The summed E-state index contributed by atoms with van der Waals surface area (Å²) < 4.78 is 5.33. The predicted octanol–water partition coefficient (Wildman–Crippen LogP) is 2.05. The quantitative estimate of drug-likeness (QED) is 0.584. The van der Waals surface area contributed by atoms with Crippen molar-refractivity contribution in [3.8, 4) is 0 Å². The lowest BCUT2D eigenvalue weighted by Gasteiger charge is -2.34. The van der Waals surface area contributed by atoms with Crippen LogP contribution < -0.4 is 5.73 Å². The maximum Gasteiger partial charge on any atom is 0.168 e. The van der Waals surface area contributed by atoms with Crippen LogP contribution in [-0.2, 0) is 10.5 Å². The van der Waals surface area contributed by atoms with Crippen LogP contribution >= 0.6 is 0 Å². The van der Waals surface area contributed by atoms with Gasteiger partial charge in [-0.2, -0.15) is 0 Å². The Labute approximate surface area is 114 Å². The van der Waals surface area contributed by atoms with Crippen molar-refractivity contribution in [2.24, 2.45) is 11.7 Å². The molecule has 0 heterocycles. The topological polar surface area (TPSA) is 72.5 Å². The number of nitrogens with two attached hydrogens (primary N) is 1. The Kier molecular flexibility index (Phi) is 5.66. The van der Waals surface area contributed by atoms with Gasteiger partial charge in [-0.1, -0.05) is 32.0 Å². The molecule has 0 saturated heterocycles. The largest absolute Gasteiger partial charge is 0.388 e. The molecule has 0 spiro atoms. The Balaban J connectivity index is 2.97. The first-order valence-electron chi connectivity index (χ1n) is 6.51. The summed E-state index contributed by atoms with van der Waals surface area (Å²) >= 11 is 0. The van der Waals surface area contributed by atoms with Gasteiger partial charge in [0.2, 0.25) is 0 Å². The minimum Gasteiger partial charge on any atom is -0.388 e. The van der Waals surface area contributed by atoms with Crippen molar-refractivity contribution in [2.75, 3.05) is 7.11 Å². The van der Waals surface area contributed by atoms with Crippen LogP contribution in [-0.4, -0.2) is 24.6 Å². The second-order valence-electron chi connectivity index (χ2n) is 5.23. The third-order valence-corrected chi connectivity index (χ3v) is 3.32. The summed E-state index contributed by atoms with van der Waals surface area (Å²) in [5.74, 6) is 0.483. The average molecular weight is 265 g/mol. The summed E-state index contributed by atoms with van der Waals surface area (Å²) in [4.78, 5) is 10.8. The number of benzene rings is 1. The second-order valence-corrected chi connectivity index (χ2v) is 5.23. The first kappa shape index (κ1) is 15.8. The monoisotopic (exact) mass is 265 g/mol. The molecular weight excluding hydrogens is 242 g/mol. The zero-order valence-corrected chi connectivity index (χ0v) is 11.8. The number of aliphatic hydroxyl groups excluding tert-OH is 1. The van der Waals surface area contributed by atoms with Crippen LogP contribution in [0.3, 0.4) is 0 Å². The Bertz CT molecular complexity index is 420. The van der Waals surface area contributed by atoms with E-state index in [0.717, 1.165) is 12.7 Å². The molecule has 0 fully saturated rings. The predicted molar refractivity (Wildman–Crippen MR) is 74.8 cm³/mol. The zero-order valence-electron chi connectivity index (χ0n) is 11.8. The molecule has 4 nitrogen and oxygen atoms in total. The van der Waals surface area contributed by atoms with Gasteiger partial charge in [0, 0.05) is 18.2 Å². The lowest BCUT2D eigenvalue weighted by atomic mass is 9.91. The second kappa shape index (κ2) is 6.80. The molecule has 4 heteroatoms. The molecule has 1 rings (SSSR count). The number of ether oxygens (including phenoxy) is 1. The highest BCUT2D eigenvalue weighted by Gasteiger charge is 2.35. The van der Waals surface area contributed by atoms with E-state index in [0.29, 0.717) is 23.5 Å². The summed E-state index contributed by atoms with van der Waals surface area (Å²) in [6.45, 7) is 4.18. The highest BCUT2D eigenvalue weighted by Crippen LogP contribution is 2.27. The SMILES string of the molecule is CO[C@@](N)(c1cccc(C=O)c1)[C@@H](O)CCC(C)C. The van der Waals surface area contributed by atoms with Gasteiger partial charge in [0.05, 0.1) is 0 Å². The maximum absolute atomic E-state index is 10.8. The molecule has 2 atom stereocenters. The van der Waals surface area contributed by atoms with Gasteiger partial charge in [-0.05, 0) is 24.8 Å². The molecule has 1 aromatic rings. The number of aliphatic hydroxyl groups is 1. The highest BCUT2D eigenvalue weighted by atomic mass is 16.5. The number of carbonyl (C=O) groups is 1. The molecule has 19 heavy (non-hydrogen) atoms. The van der Waals surface area contributed by atoms with E-state index in [4.69, 9.17) is 10.5 Å². The van der Waals surface area contributed by atoms with E-state index in [9.17, 15) is 9.90 Å². The fraction of sp³-hybridized carbons (Fsp3) is 0.533. The van der Waals surface area contributed by atoms with Gasteiger partial charge in [-0.15, -0.1) is 0 Å². The van der Waals surface area contributed by atoms with Crippen molar-refractivity contribution in [3.05, 3.63) is 35.4 Å². The van der Waals surface area contributed by atoms with Gasteiger partial charge >= 0.3 is 0 Å². The summed E-state index contributed by atoms with van der Waals surface area (Å²) in [6, 6.07) is 6.83. The maximum atomic E-state index is 10.8. The van der Waals surface area contributed by atoms with E-state index in [1.54, 1.807) is 24.3 Å². The van der Waals surface area contributed by atoms with Crippen molar-refractivity contribution < 1.29 is 14.6 Å². The van der Waals surface area contributed by atoms with E-state index in [2.05, 4.69) is 13.8 Å². The molecular formula is C15H23NO3. The van der Waals surface area contributed by atoms with E-state index >= 15 is 0 Å². The van der Waals surface area contributed by atoms with Crippen molar-refractivity contribution in [2.45, 2.75) is 38.5 Å². The van der Waals surface area contributed by atoms with Crippen LogP contribution in [0, 0.1) is 5.92 Å². The van der Waals surface area contributed by atoms with Crippen LogP contribution in [0.5, 0.6) is 0 Å². The minimum atomic E-state index is -1.28. The number of rotatable bonds is 7. The Morgan fingerprint density at radius 1 is 1.42 bits per heavy atom. The molecule has 0 aliphatic heterocycles. The standard InChI is InChI=1S/C15H23NO3/c1-11(2)7-8-14(18)15(16,19-3)13-6-4-5-12(9-13)10-17/h4-6,9-11,14,18H,7-8,16H2,1-3H3/t14-,15-/m0/s1. The number of hydrogen-bond acceptors (Lipinski definition) is 4. The average Bonchev–Trinajstić information content (AvgIpc) is 2.43. The fourth-order valence-corrected chi connectivity index (χ4v) is 2.01. The first-order chi connectivity index (χ1) is 8.93. The molecule has 0 amide bonds. The molecule has 0 aliphatic carbocycles. The van der Waals surface area contributed by atoms with Gasteiger partial charge in [0.1, 0.15) is 12.4 Å². The van der Waals surface area contributed by atoms with Crippen LogP contribution in [0.25, 0.3) is 0 Å². The van der Waals surface area contributed by atoms with Crippen molar-refractivity contribution in [3.63, 3.8) is 0 Å². The summed E-state index contributed by atoms with van der Waals surface area (Å²) in [7, 11) is 1.46. The third kappa shape index (κ3) is 3.86. The molecule has 0 bridgehead atoms.